The molecule has 4 nitrogen and oxygen atoms in total. The first-order chi connectivity index (χ1) is 7.90. The van der Waals surface area contributed by atoms with Crippen molar-refractivity contribution >= 4 is 5.97 Å². The summed E-state index contributed by atoms with van der Waals surface area (Å²) >= 11 is 0. The summed E-state index contributed by atoms with van der Waals surface area (Å²) in [4.78, 5) is 11.1. The minimum Gasteiger partial charge on any atom is -0.481 e. The molecule has 0 saturated heterocycles. The van der Waals surface area contributed by atoms with Crippen LogP contribution in [0.5, 0.6) is 0 Å². The van der Waals surface area contributed by atoms with Crippen LogP contribution in [0.4, 0.5) is 0 Å². The topological polar surface area (TPSA) is 46.5 Å². The van der Waals surface area contributed by atoms with Gasteiger partial charge in [-0.1, -0.05) is 12.8 Å². The third kappa shape index (κ3) is 5.50. The second kappa shape index (κ2) is 6.36. The fourth-order valence-electron chi connectivity index (χ4n) is 2.45. The highest BCUT2D eigenvalue weighted by Crippen LogP contribution is 2.32. The molecule has 1 aliphatic rings. The third-order valence-electron chi connectivity index (χ3n) is 3.34. The Morgan fingerprint density at radius 2 is 1.94 bits per heavy atom. The molecular weight excluding hydrogens is 218 g/mol. The standard InChI is InChI=1S/C13H25NO3/c1-14(2,3)10-17-9-8-11-6-4-5-7-12(11)13(15)16/h11-12H,4-10H2,1-3H3/p+1. The Morgan fingerprint density at radius 1 is 1.29 bits per heavy atom. The summed E-state index contributed by atoms with van der Waals surface area (Å²) in [5, 5.41) is 9.15. The lowest BCUT2D eigenvalue weighted by atomic mass is 9.78. The quantitative estimate of drug-likeness (QED) is 0.441. The van der Waals surface area contributed by atoms with Crippen LogP contribution in [0.3, 0.4) is 0 Å². The molecular formula is C13H26NO3+. The number of quaternary nitrogens is 1. The average molecular weight is 244 g/mol. The van der Waals surface area contributed by atoms with Crippen molar-refractivity contribution in [3.05, 3.63) is 0 Å². The van der Waals surface area contributed by atoms with E-state index in [9.17, 15) is 4.79 Å². The Balaban J connectivity index is 2.26. The van der Waals surface area contributed by atoms with E-state index in [-0.39, 0.29) is 5.92 Å². The van der Waals surface area contributed by atoms with Crippen LogP contribution in [0, 0.1) is 11.8 Å². The summed E-state index contributed by atoms with van der Waals surface area (Å²) in [6, 6.07) is 0. The lowest BCUT2D eigenvalue weighted by Gasteiger charge is -2.29. The monoisotopic (exact) mass is 244 g/mol. The molecule has 0 aromatic carbocycles. The van der Waals surface area contributed by atoms with Crippen LogP contribution in [0.15, 0.2) is 0 Å². The van der Waals surface area contributed by atoms with Crippen LogP contribution in [-0.2, 0) is 9.53 Å². The van der Waals surface area contributed by atoms with Crippen molar-refractivity contribution in [2.24, 2.45) is 11.8 Å². The summed E-state index contributed by atoms with van der Waals surface area (Å²) in [5.74, 6) is -0.452. The second-order valence-electron chi connectivity index (χ2n) is 6.11. The molecule has 0 aromatic heterocycles. The largest absolute Gasteiger partial charge is 0.481 e. The van der Waals surface area contributed by atoms with Crippen LogP contribution in [0.2, 0.25) is 0 Å². The molecule has 0 amide bonds. The maximum atomic E-state index is 11.1. The van der Waals surface area contributed by atoms with Gasteiger partial charge < -0.3 is 14.3 Å². The fourth-order valence-corrected chi connectivity index (χ4v) is 2.45. The number of hydrogen-bond donors (Lipinski definition) is 1. The molecule has 0 radical (unpaired) electrons. The second-order valence-corrected chi connectivity index (χ2v) is 6.11. The van der Waals surface area contributed by atoms with Gasteiger partial charge in [0.15, 0.2) is 6.73 Å². The molecule has 0 spiro atoms. The van der Waals surface area contributed by atoms with E-state index in [1.807, 2.05) is 0 Å². The number of aliphatic carboxylic acids is 1. The molecule has 0 bridgehead atoms. The molecule has 1 saturated carbocycles. The minimum atomic E-state index is -0.624. The molecule has 0 aromatic rings. The molecule has 0 aliphatic heterocycles. The van der Waals surface area contributed by atoms with Gasteiger partial charge in [0.25, 0.3) is 0 Å². The Bertz CT molecular complexity index is 248. The highest BCUT2D eigenvalue weighted by atomic mass is 16.5. The van der Waals surface area contributed by atoms with Crippen molar-refractivity contribution < 1.29 is 19.1 Å². The van der Waals surface area contributed by atoms with Crippen LogP contribution < -0.4 is 0 Å². The number of carboxylic acids is 1. The van der Waals surface area contributed by atoms with Gasteiger partial charge in [-0.15, -0.1) is 0 Å². The summed E-state index contributed by atoms with van der Waals surface area (Å²) in [7, 11) is 6.25. The maximum Gasteiger partial charge on any atom is 0.306 e. The van der Waals surface area contributed by atoms with Gasteiger partial charge in [0, 0.05) is 0 Å². The van der Waals surface area contributed by atoms with E-state index in [1.54, 1.807) is 0 Å². The van der Waals surface area contributed by atoms with Gasteiger partial charge in [0.1, 0.15) is 0 Å². The van der Waals surface area contributed by atoms with Gasteiger partial charge >= 0.3 is 5.97 Å². The molecule has 0 heterocycles. The molecule has 1 aliphatic carbocycles. The normalized spacial score (nSPS) is 25.8. The molecule has 2 atom stereocenters. The lowest BCUT2D eigenvalue weighted by molar-refractivity contribution is -0.890. The van der Waals surface area contributed by atoms with Crippen LogP contribution in [-0.4, -0.2) is 50.0 Å². The van der Waals surface area contributed by atoms with Crippen molar-refractivity contribution in [3.63, 3.8) is 0 Å². The van der Waals surface area contributed by atoms with Crippen molar-refractivity contribution in [1.29, 1.82) is 0 Å². The number of carbonyl (C=O) groups is 1. The zero-order valence-corrected chi connectivity index (χ0v) is 11.3. The smallest absolute Gasteiger partial charge is 0.306 e. The predicted molar refractivity (Wildman–Crippen MR) is 66.6 cm³/mol. The zero-order chi connectivity index (χ0) is 12.9. The fraction of sp³-hybridized carbons (Fsp3) is 0.923. The first kappa shape index (κ1) is 14.5. The maximum absolute atomic E-state index is 11.1. The van der Waals surface area contributed by atoms with Gasteiger partial charge in [-0.25, -0.2) is 0 Å². The molecule has 1 N–H and O–H groups in total. The molecule has 1 rings (SSSR count). The van der Waals surface area contributed by atoms with E-state index < -0.39 is 5.97 Å². The summed E-state index contributed by atoms with van der Waals surface area (Å²) < 4.78 is 6.39. The van der Waals surface area contributed by atoms with Crippen molar-refractivity contribution in [2.45, 2.75) is 32.1 Å². The van der Waals surface area contributed by atoms with Crippen molar-refractivity contribution in [1.82, 2.24) is 0 Å². The lowest BCUT2D eigenvalue weighted by Crippen LogP contribution is -2.37. The summed E-state index contributed by atoms with van der Waals surface area (Å²) in [5.41, 5.74) is 0. The third-order valence-corrected chi connectivity index (χ3v) is 3.34. The average Bonchev–Trinajstić information content (AvgIpc) is 2.23. The summed E-state index contributed by atoms with van der Waals surface area (Å²) in [6.45, 7) is 1.37. The number of rotatable bonds is 6. The Morgan fingerprint density at radius 3 is 2.53 bits per heavy atom. The van der Waals surface area contributed by atoms with E-state index in [1.165, 1.54) is 6.42 Å². The van der Waals surface area contributed by atoms with Crippen LogP contribution in [0.1, 0.15) is 32.1 Å². The van der Waals surface area contributed by atoms with Crippen LogP contribution in [0.25, 0.3) is 0 Å². The Kier molecular flexibility index (Phi) is 5.40. The van der Waals surface area contributed by atoms with E-state index >= 15 is 0 Å². The number of ether oxygens (including phenoxy) is 1. The SMILES string of the molecule is C[N+](C)(C)COCCC1CCCCC1C(=O)O. The summed E-state index contributed by atoms with van der Waals surface area (Å²) in [6.07, 6.45) is 5.01. The van der Waals surface area contributed by atoms with Gasteiger partial charge in [0.2, 0.25) is 0 Å². The number of hydrogen-bond acceptors (Lipinski definition) is 2. The molecule has 100 valence electrons. The van der Waals surface area contributed by atoms with E-state index in [4.69, 9.17) is 9.84 Å². The molecule has 4 heteroatoms. The first-order valence-corrected chi connectivity index (χ1v) is 6.51. The Hall–Kier alpha value is -0.610. The van der Waals surface area contributed by atoms with E-state index in [0.29, 0.717) is 19.3 Å². The number of nitrogens with zero attached hydrogens (tertiary/aromatic N) is 1. The zero-order valence-electron chi connectivity index (χ0n) is 11.3. The van der Waals surface area contributed by atoms with Crippen molar-refractivity contribution in [3.8, 4) is 0 Å². The molecule has 2 unspecified atom stereocenters. The first-order valence-electron chi connectivity index (χ1n) is 6.51. The minimum absolute atomic E-state index is 0.142. The van der Waals surface area contributed by atoms with Gasteiger partial charge in [0.05, 0.1) is 33.7 Å². The highest BCUT2D eigenvalue weighted by molar-refractivity contribution is 5.70. The highest BCUT2D eigenvalue weighted by Gasteiger charge is 2.30. The molecule has 17 heavy (non-hydrogen) atoms. The van der Waals surface area contributed by atoms with Gasteiger partial charge in [-0.05, 0) is 25.2 Å². The van der Waals surface area contributed by atoms with E-state index in [2.05, 4.69) is 21.1 Å². The van der Waals surface area contributed by atoms with Gasteiger partial charge in [-0.3, -0.25) is 4.79 Å². The number of carboxylic acid groups (broad SMARTS) is 1. The van der Waals surface area contributed by atoms with Crippen LogP contribution >= 0.6 is 0 Å². The van der Waals surface area contributed by atoms with Gasteiger partial charge in [-0.2, -0.15) is 0 Å². The predicted octanol–water partition coefficient (Wildman–Crippen LogP) is 1.95. The van der Waals surface area contributed by atoms with E-state index in [0.717, 1.165) is 30.2 Å². The Labute approximate surface area is 104 Å². The molecule has 1 fully saturated rings. The van der Waals surface area contributed by atoms with Crippen molar-refractivity contribution in [2.75, 3.05) is 34.5 Å².